The molecule has 1 aliphatic heterocycles. The molecule has 31 heavy (non-hydrogen) atoms. The van der Waals surface area contributed by atoms with Crippen LogP contribution < -0.4 is 0 Å². The molecule has 156 valence electrons. The number of carbonyl (C=O) groups is 1. The molecule has 0 radical (unpaired) electrons. The summed E-state index contributed by atoms with van der Waals surface area (Å²) in [5.74, 6) is -0.0722. The van der Waals surface area contributed by atoms with E-state index in [2.05, 4.69) is 10.2 Å². The van der Waals surface area contributed by atoms with Crippen LogP contribution in [0.4, 0.5) is 4.39 Å². The van der Waals surface area contributed by atoms with Gasteiger partial charge in [0.25, 0.3) is 5.91 Å². The summed E-state index contributed by atoms with van der Waals surface area (Å²) in [4.78, 5) is 14.9. The summed E-state index contributed by atoms with van der Waals surface area (Å²) in [5.41, 5.74) is 3.87. The lowest BCUT2D eigenvalue weighted by molar-refractivity contribution is 0.0715. The van der Waals surface area contributed by atoms with Gasteiger partial charge in [0.2, 0.25) is 0 Å². The molecule has 0 fully saturated rings. The number of phenols is 1. The normalized spacial score (nSPS) is 15.5. The van der Waals surface area contributed by atoms with Crippen molar-refractivity contribution in [1.82, 2.24) is 15.1 Å². The number of H-pyrrole nitrogens is 1. The highest BCUT2D eigenvalue weighted by Gasteiger charge is 2.44. The number of halogens is 1. The molecule has 0 saturated heterocycles. The maximum absolute atomic E-state index is 14.9. The molecule has 2 aromatic carbocycles. The number of fused-ring (bicyclic) bond motifs is 1. The molecular formula is C24H20FN3O3. The molecule has 1 atom stereocenters. The van der Waals surface area contributed by atoms with Gasteiger partial charge in [0, 0.05) is 16.7 Å². The van der Waals surface area contributed by atoms with Gasteiger partial charge in [-0.05, 0) is 49.2 Å². The van der Waals surface area contributed by atoms with Crippen molar-refractivity contribution in [3.8, 4) is 17.0 Å². The minimum atomic E-state index is -0.720. The van der Waals surface area contributed by atoms with E-state index in [0.29, 0.717) is 28.1 Å². The van der Waals surface area contributed by atoms with Crippen molar-refractivity contribution in [2.24, 2.45) is 0 Å². The molecule has 2 N–H and O–H groups in total. The van der Waals surface area contributed by atoms with Crippen molar-refractivity contribution in [3.63, 3.8) is 0 Å². The highest BCUT2D eigenvalue weighted by molar-refractivity contribution is 6.00. The topological polar surface area (TPSA) is 82.4 Å². The summed E-state index contributed by atoms with van der Waals surface area (Å²) in [5, 5.41) is 17.9. The average Bonchev–Trinajstić information content (AvgIpc) is 3.43. The zero-order valence-electron chi connectivity index (χ0n) is 17.0. The minimum Gasteiger partial charge on any atom is -0.507 e. The maximum atomic E-state index is 14.9. The Kier molecular flexibility index (Phi) is 4.39. The van der Waals surface area contributed by atoms with Crippen LogP contribution in [0.2, 0.25) is 0 Å². The number of benzene rings is 2. The third-order valence-electron chi connectivity index (χ3n) is 5.67. The smallest absolute Gasteiger partial charge is 0.273 e. The van der Waals surface area contributed by atoms with Crippen molar-refractivity contribution in [2.45, 2.75) is 26.4 Å². The van der Waals surface area contributed by atoms with Crippen molar-refractivity contribution in [1.29, 1.82) is 0 Å². The standard InChI is InChI=1S/C24H20FN3O3/c1-13-10-14(2)19(18(29)11-13)21-20-22(27-26-21)24(30)28(12-15-6-5-9-31-15)23(20)16-7-3-4-8-17(16)25/h3-11,23,29H,12H2,1-2H3,(H,26,27)/t23-/m1/s1. The molecule has 6 nitrogen and oxygen atoms in total. The molecule has 7 heteroatoms. The lowest BCUT2D eigenvalue weighted by atomic mass is 9.93. The number of hydrogen-bond donors (Lipinski definition) is 2. The number of rotatable bonds is 4. The third-order valence-corrected chi connectivity index (χ3v) is 5.67. The van der Waals surface area contributed by atoms with E-state index in [1.807, 2.05) is 19.9 Å². The molecule has 0 saturated carbocycles. The number of aromatic nitrogens is 2. The van der Waals surface area contributed by atoms with Crippen LogP contribution >= 0.6 is 0 Å². The van der Waals surface area contributed by atoms with E-state index in [1.165, 1.54) is 12.3 Å². The van der Waals surface area contributed by atoms with Crippen molar-refractivity contribution >= 4 is 5.91 Å². The fourth-order valence-electron chi connectivity index (χ4n) is 4.39. The second-order valence-corrected chi connectivity index (χ2v) is 7.77. The monoisotopic (exact) mass is 417 g/mol. The first-order valence-corrected chi connectivity index (χ1v) is 9.92. The molecule has 1 aliphatic rings. The van der Waals surface area contributed by atoms with Gasteiger partial charge in [0.1, 0.15) is 28.7 Å². The molecule has 0 aliphatic carbocycles. The summed E-state index contributed by atoms with van der Waals surface area (Å²) in [6.45, 7) is 3.94. The van der Waals surface area contributed by atoms with E-state index >= 15 is 0 Å². The Hall–Kier alpha value is -3.87. The van der Waals surface area contributed by atoms with E-state index in [4.69, 9.17) is 4.42 Å². The van der Waals surface area contributed by atoms with Gasteiger partial charge in [0.05, 0.1) is 18.8 Å². The lowest BCUT2D eigenvalue weighted by Crippen LogP contribution is -2.29. The van der Waals surface area contributed by atoms with Gasteiger partial charge in [0.15, 0.2) is 0 Å². The first-order valence-electron chi connectivity index (χ1n) is 9.92. The first kappa shape index (κ1) is 19.1. The van der Waals surface area contributed by atoms with Crippen LogP contribution in [0.3, 0.4) is 0 Å². The lowest BCUT2D eigenvalue weighted by Gasteiger charge is -2.26. The Morgan fingerprint density at radius 3 is 2.71 bits per heavy atom. The zero-order valence-corrected chi connectivity index (χ0v) is 17.0. The van der Waals surface area contributed by atoms with Crippen molar-refractivity contribution in [2.75, 3.05) is 0 Å². The van der Waals surface area contributed by atoms with E-state index in [1.54, 1.807) is 41.3 Å². The largest absolute Gasteiger partial charge is 0.507 e. The molecule has 2 aromatic heterocycles. The number of nitrogens with zero attached hydrogens (tertiary/aromatic N) is 2. The van der Waals surface area contributed by atoms with Crippen LogP contribution in [0.5, 0.6) is 5.75 Å². The third kappa shape index (κ3) is 3.01. The second-order valence-electron chi connectivity index (χ2n) is 7.77. The number of hydrogen-bond acceptors (Lipinski definition) is 4. The van der Waals surface area contributed by atoms with Gasteiger partial charge in [-0.25, -0.2) is 4.39 Å². The van der Waals surface area contributed by atoms with Gasteiger partial charge in [-0.2, -0.15) is 5.10 Å². The van der Waals surface area contributed by atoms with Crippen molar-refractivity contribution in [3.05, 3.63) is 94.3 Å². The van der Waals surface area contributed by atoms with Gasteiger partial charge in [-0.3, -0.25) is 9.89 Å². The van der Waals surface area contributed by atoms with Crippen molar-refractivity contribution < 1.29 is 18.7 Å². The van der Waals surface area contributed by atoms with Gasteiger partial charge in [-0.15, -0.1) is 0 Å². The van der Waals surface area contributed by atoms with Gasteiger partial charge >= 0.3 is 0 Å². The fourth-order valence-corrected chi connectivity index (χ4v) is 4.39. The number of aromatic hydroxyl groups is 1. The Balaban J connectivity index is 1.73. The van der Waals surface area contributed by atoms with E-state index in [9.17, 15) is 14.3 Å². The molecule has 0 bridgehead atoms. The van der Waals surface area contributed by atoms with Crippen LogP contribution in [0.25, 0.3) is 11.3 Å². The molecule has 4 aromatic rings. The van der Waals surface area contributed by atoms with E-state index in [0.717, 1.165) is 11.1 Å². The number of aryl methyl sites for hydroxylation is 2. The zero-order chi connectivity index (χ0) is 21.7. The molecule has 1 amide bonds. The maximum Gasteiger partial charge on any atom is 0.273 e. The van der Waals surface area contributed by atoms with E-state index < -0.39 is 11.9 Å². The summed E-state index contributed by atoms with van der Waals surface area (Å²) >= 11 is 0. The fraction of sp³-hybridized carbons (Fsp3) is 0.167. The quantitative estimate of drug-likeness (QED) is 0.496. The highest BCUT2D eigenvalue weighted by Crippen LogP contribution is 2.46. The van der Waals surface area contributed by atoms with Gasteiger partial charge < -0.3 is 14.4 Å². The van der Waals surface area contributed by atoms with Gasteiger partial charge in [-0.1, -0.05) is 24.3 Å². The van der Waals surface area contributed by atoms with Crippen LogP contribution in [-0.2, 0) is 6.54 Å². The Morgan fingerprint density at radius 2 is 2.00 bits per heavy atom. The predicted molar refractivity (Wildman–Crippen MR) is 112 cm³/mol. The SMILES string of the molecule is Cc1cc(C)c(-c2n[nH]c3c2[C@@H](c2ccccc2F)N(Cc2ccco2)C3=O)c(O)c1. The molecule has 3 heterocycles. The Labute approximate surface area is 177 Å². The number of phenolic OH excluding ortho intramolecular Hbond substituents is 1. The molecule has 5 rings (SSSR count). The van der Waals surface area contributed by atoms with Crippen LogP contribution in [0.15, 0.2) is 59.2 Å². The molecular weight excluding hydrogens is 397 g/mol. The van der Waals surface area contributed by atoms with Crippen LogP contribution in [0, 0.1) is 19.7 Å². The summed E-state index contributed by atoms with van der Waals surface area (Å²) in [6.07, 6.45) is 1.54. The Morgan fingerprint density at radius 1 is 1.19 bits per heavy atom. The first-order chi connectivity index (χ1) is 15.0. The summed E-state index contributed by atoms with van der Waals surface area (Å²) in [7, 11) is 0. The number of amides is 1. The average molecular weight is 417 g/mol. The second kappa shape index (κ2) is 7.12. The van der Waals surface area contributed by atoms with Crippen LogP contribution in [-0.4, -0.2) is 26.1 Å². The minimum absolute atomic E-state index is 0.0658. The Bertz CT molecular complexity index is 1270. The number of aromatic amines is 1. The number of carbonyl (C=O) groups excluding carboxylic acids is 1. The van der Waals surface area contributed by atoms with Crippen LogP contribution in [0.1, 0.15) is 44.5 Å². The summed E-state index contributed by atoms with van der Waals surface area (Å²) < 4.78 is 20.4. The number of nitrogens with one attached hydrogen (secondary N) is 1. The predicted octanol–water partition coefficient (Wildman–Crippen LogP) is 4.88. The molecule has 0 unspecified atom stereocenters. The molecule has 0 spiro atoms. The number of furan rings is 1. The summed E-state index contributed by atoms with van der Waals surface area (Å²) in [6, 6.07) is 12.8. The van der Waals surface area contributed by atoms with E-state index in [-0.39, 0.29) is 23.9 Å². The highest BCUT2D eigenvalue weighted by atomic mass is 19.1.